The van der Waals surface area contributed by atoms with Crippen molar-refractivity contribution < 1.29 is 9.53 Å². The van der Waals surface area contributed by atoms with E-state index in [4.69, 9.17) is 10.5 Å². The number of hydrogen-bond acceptors (Lipinski definition) is 5. The average molecular weight is 291 g/mol. The molecule has 1 aromatic heterocycles. The zero-order chi connectivity index (χ0) is 14.5. The van der Waals surface area contributed by atoms with Gasteiger partial charge >= 0.3 is 0 Å². The van der Waals surface area contributed by atoms with Crippen LogP contribution in [0.5, 0.6) is 5.75 Å². The van der Waals surface area contributed by atoms with E-state index in [9.17, 15) is 4.79 Å². The molecule has 2 N–H and O–H groups in total. The predicted molar refractivity (Wildman–Crippen MR) is 78.8 cm³/mol. The van der Waals surface area contributed by atoms with Crippen LogP contribution in [-0.2, 0) is 13.1 Å². The van der Waals surface area contributed by atoms with E-state index >= 15 is 0 Å². The van der Waals surface area contributed by atoms with Gasteiger partial charge in [-0.3, -0.25) is 4.79 Å². The van der Waals surface area contributed by atoms with Crippen molar-refractivity contribution in [1.29, 1.82) is 0 Å². The van der Waals surface area contributed by atoms with Gasteiger partial charge < -0.3 is 15.4 Å². The van der Waals surface area contributed by atoms with Crippen molar-refractivity contribution in [2.75, 3.05) is 14.2 Å². The minimum absolute atomic E-state index is 0.108. The van der Waals surface area contributed by atoms with Gasteiger partial charge in [-0.2, -0.15) is 0 Å². The number of nitrogens with two attached hydrogens (primary N) is 1. The summed E-state index contributed by atoms with van der Waals surface area (Å²) in [5, 5.41) is 2.51. The van der Waals surface area contributed by atoms with E-state index in [0.29, 0.717) is 18.8 Å². The Kier molecular flexibility index (Phi) is 4.70. The first-order chi connectivity index (χ1) is 9.63. The maximum absolute atomic E-state index is 12.2. The van der Waals surface area contributed by atoms with Gasteiger partial charge in [0, 0.05) is 25.5 Å². The molecule has 106 valence electrons. The van der Waals surface area contributed by atoms with Gasteiger partial charge in [0.25, 0.3) is 5.91 Å². The number of aromatic nitrogens is 1. The second kappa shape index (κ2) is 6.49. The van der Waals surface area contributed by atoms with Crippen LogP contribution >= 0.6 is 11.3 Å². The molecular formula is C14H17N3O2S. The van der Waals surface area contributed by atoms with Crippen molar-refractivity contribution in [3.8, 4) is 5.75 Å². The van der Waals surface area contributed by atoms with Crippen molar-refractivity contribution in [2.45, 2.75) is 13.1 Å². The summed E-state index contributed by atoms with van der Waals surface area (Å²) in [5.41, 5.74) is 6.96. The summed E-state index contributed by atoms with van der Waals surface area (Å²) in [7, 11) is 3.38. The molecule has 0 atom stereocenters. The molecule has 5 nitrogen and oxygen atoms in total. The Morgan fingerprint density at radius 1 is 1.50 bits per heavy atom. The smallest absolute Gasteiger partial charge is 0.273 e. The number of benzene rings is 1. The van der Waals surface area contributed by atoms with E-state index in [1.165, 1.54) is 11.3 Å². The number of nitrogens with zero attached hydrogens (tertiary/aromatic N) is 2. The molecule has 0 saturated heterocycles. The van der Waals surface area contributed by atoms with Crippen molar-refractivity contribution in [1.82, 2.24) is 9.88 Å². The summed E-state index contributed by atoms with van der Waals surface area (Å²) in [6, 6.07) is 7.65. The summed E-state index contributed by atoms with van der Waals surface area (Å²) in [6.07, 6.45) is 0. The average Bonchev–Trinajstić information content (AvgIpc) is 2.95. The van der Waals surface area contributed by atoms with Crippen molar-refractivity contribution in [3.05, 3.63) is 45.9 Å². The fraction of sp³-hybridized carbons (Fsp3) is 0.286. The van der Waals surface area contributed by atoms with Gasteiger partial charge in [0.1, 0.15) is 16.5 Å². The molecule has 0 bridgehead atoms. The van der Waals surface area contributed by atoms with Gasteiger partial charge in [-0.25, -0.2) is 4.98 Å². The molecule has 0 aliphatic rings. The van der Waals surface area contributed by atoms with Crippen LogP contribution in [0.15, 0.2) is 29.6 Å². The van der Waals surface area contributed by atoms with Gasteiger partial charge in [-0.15, -0.1) is 11.3 Å². The molecule has 0 spiro atoms. The highest BCUT2D eigenvalue weighted by atomic mass is 32.1. The molecule has 1 heterocycles. The third kappa shape index (κ3) is 3.34. The molecule has 1 amide bonds. The number of rotatable bonds is 5. The van der Waals surface area contributed by atoms with Crippen LogP contribution in [0.1, 0.15) is 21.1 Å². The Morgan fingerprint density at radius 3 is 2.95 bits per heavy atom. The van der Waals surface area contributed by atoms with Gasteiger partial charge in [0.2, 0.25) is 0 Å². The molecular weight excluding hydrogens is 274 g/mol. The first-order valence-electron chi connectivity index (χ1n) is 6.17. The number of carbonyl (C=O) groups is 1. The van der Waals surface area contributed by atoms with E-state index in [1.54, 1.807) is 24.4 Å². The lowest BCUT2D eigenvalue weighted by atomic mass is 10.2. The van der Waals surface area contributed by atoms with Crippen LogP contribution in [0.2, 0.25) is 0 Å². The van der Waals surface area contributed by atoms with Crippen molar-refractivity contribution in [3.63, 3.8) is 0 Å². The standard InChI is InChI=1S/C14H17N3O2S/c1-17(8-10-4-3-5-11(6-10)19-2)14(18)12-9-20-13(7-15)16-12/h3-6,9H,7-8,15H2,1-2H3. The highest BCUT2D eigenvalue weighted by Gasteiger charge is 2.15. The minimum atomic E-state index is -0.108. The quantitative estimate of drug-likeness (QED) is 0.913. The minimum Gasteiger partial charge on any atom is -0.497 e. The molecule has 0 saturated carbocycles. The summed E-state index contributed by atoms with van der Waals surface area (Å²) < 4.78 is 5.17. The van der Waals surface area contributed by atoms with Crippen LogP contribution in [0.3, 0.4) is 0 Å². The SMILES string of the molecule is COc1cccc(CN(C)C(=O)c2csc(CN)n2)c1. The molecule has 2 rings (SSSR count). The first kappa shape index (κ1) is 14.5. The van der Waals surface area contributed by atoms with Crippen LogP contribution in [-0.4, -0.2) is 29.9 Å². The second-order valence-electron chi connectivity index (χ2n) is 4.34. The summed E-state index contributed by atoms with van der Waals surface area (Å²) in [5.74, 6) is 0.672. The molecule has 0 aliphatic carbocycles. The third-order valence-corrected chi connectivity index (χ3v) is 3.72. The second-order valence-corrected chi connectivity index (χ2v) is 5.29. The monoisotopic (exact) mass is 291 g/mol. The number of carbonyl (C=O) groups excluding carboxylic acids is 1. The van der Waals surface area contributed by atoms with Crippen LogP contribution in [0.4, 0.5) is 0 Å². The van der Waals surface area contributed by atoms with Crippen molar-refractivity contribution >= 4 is 17.2 Å². The lowest BCUT2D eigenvalue weighted by Crippen LogP contribution is -2.26. The largest absolute Gasteiger partial charge is 0.497 e. The van der Waals surface area contributed by atoms with E-state index < -0.39 is 0 Å². The molecule has 1 aromatic carbocycles. The Morgan fingerprint density at radius 2 is 2.30 bits per heavy atom. The highest BCUT2D eigenvalue weighted by molar-refractivity contribution is 7.09. The number of hydrogen-bond donors (Lipinski definition) is 1. The summed E-state index contributed by atoms with van der Waals surface area (Å²) >= 11 is 1.40. The number of amides is 1. The zero-order valence-electron chi connectivity index (χ0n) is 11.5. The van der Waals surface area contributed by atoms with Crippen LogP contribution in [0, 0.1) is 0 Å². The molecule has 0 radical (unpaired) electrons. The molecule has 2 aromatic rings. The number of thiazole rings is 1. The molecule has 6 heteroatoms. The molecule has 0 unspecified atom stereocenters. The lowest BCUT2D eigenvalue weighted by Gasteiger charge is -2.16. The van der Waals surface area contributed by atoms with Crippen molar-refractivity contribution in [2.24, 2.45) is 5.73 Å². The molecule has 0 aliphatic heterocycles. The number of ether oxygens (including phenoxy) is 1. The van der Waals surface area contributed by atoms with Gasteiger partial charge in [0.15, 0.2) is 0 Å². The Labute approximate surface area is 122 Å². The number of methoxy groups -OCH3 is 1. The van der Waals surface area contributed by atoms with Gasteiger partial charge in [0.05, 0.1) is 7.11 Å². The van der Waals surface area contributed by atoms with E-state index in [1.807, 2.05) is 24.3 Å². The van der Waals surface area contributed by atoms with E-state index in [-0.39, 0.29) is 5.91 Å². The Hall–Kier alpha value is -1.92. The fourth-order valence-electron chi connectivity index (χ4n) is 1.81. The van der Waals surface area contributed by atoms with Gasteiger partial charge in [-0.1, -0.05) is 12.1 Å². The van der Waals surface area contributed by atoms with Gasteiger partial charge in [-0.05, 0) is 17.7 Å². The summed E-state index contributed by atoms with van der Waals surface area (Å²) in [4.78, 5) is 18.1. The Balaban J connectivity index is 2.06. The van der Waals surface area contributed by atoms with Crippen LogP contribution in [0.25, 0.3) is 0 Å². The topological polar surface area (TPSA) is 68.5 Å². The summed E-state index contributed by atoms with van der Waals surface area (Å²) in [6.45, 7) is 0.864. The first-order valence-corrected chi connectivity index (χ1v) is 7.05. The zero-order valence-corrected chi connectivity index (χ0v) is 12.3. The fourth-order valence-corrected chi connectivity index (χ4v) is 2.46. The van der Waals surface area contributed by atoms with E-state index in [2.05, 4.69) is 4.98 Å². The molecule has 0 fully saturated rings. The highest BCUT2D eigenvalue weighted by Crippen LogP contribution is 2.16. The third-order valence-electron chi connectivity index (χ3n) is 2.85. The normalized spacial score (nSPS) is 10.3. The lowest BCUT2D eigenvalue weighted by molar-refractivity contribution is 0.0780. The van der Waals surface area contributed by atoms with E-state index in [0.717, 1.165) is 16.3 Å². The Bertz CT molecular complexity index is 598. The maximum atomic E-state index is 12.2. The predicted octanol–water partition coefficient (Wildman–Crippen LogP) is 1.88. The maximum Gasteiger partial charge on any atom is 0.273 e. The van der Waals surface area contributed by atoms with Crippen LogP contribution < -0.4 is 10.5 Å². The molecule has 20 heavy (non-hydrogen) atoms.